The first-order valence-electron chi connectivity index (χ1n) is 4.88. The predicted molar refractivity (Wildman–Crippen MR) is 63.5 cm³/mol. The summed E-state index contributed by atoms with van der Waals surface area (Å²) in [5.41, 5.74) is 0.631. The molecule has 1 amide bonds. The molecule has 1 rings (SSSR count). The fraction of sp³-hybridized carbons (Fsp3) is 0.364. The highest BCUT2D eigenvalue weighted by Gasteiger charge is 2.06. The monoisotopic (exact) mass is 243 g/mol. The Morgan fingerprint density at radius 2 is 2.19 bits per heavy atom. The number of hydrogen-bond acceptors (Lipinski definition) is 3. The van der Waals surface area contributed by atoms with Crippen LogP contribution in [0.25, 0.3) is 0 Å². The molecule has 88 valence electrons. The number of carbonyl (C=O) groups excluding carboxylic acids is 1. The van der Waals surface area contributed by atoms with Crippen molar-refractivity contribution in [3.8, 4) is 11.5 Å². The highest BCUT2D eigenvalue weighted by atomic mass is 35.5. The average molecular weight is 244 g/mol. The number of alkyl halides is 1. The largest absolute Gasteiger partial charge is 0.493 e. The van der Waals surface area contributed by atoms with Crippen molar-refractivity contribution < 1.29 is 14.3 Å². The molecular formula is C11H14ClNO3. The highest BCUT2D eigenvalue weighted by Crippen LogP contribution is 2.30. The number of amides is 1. The maximum Gasteiger partial charge on any atom is 0.239 e. The van der Waals surface area contributed by atoms with Gasteiger partial charge in [-0.05, 0) is 19.1 Å². The number of anilines is 1. The summed E-state index contributed by atoms with van der Waals surface area (Å²) < 4.78 is 10.5. The normalized spacial score (nSPS) is 9.69. The minimum Gasteiger partial charge on any atom is -0.493 e. The molecule has 0 atom stereocenters. The predicted octanol–water partition coefficient (Wildman–Crippen LogP) is 2.27. The minimum atomic E-state index is -0.257. The van der Waals surface area contributed by atoms with Gasteiger partial charge in [0, 0.05) is 11.8 Å². The van der Waals surface area contributed by atoms with E-state index >= 15 is 0 Å². The summed E-state index contributed by atoms with van der Waals surface area (Å²) in [7, 11) is 1.55. The van der Waals surface area contributed by atoms with Crippen LogP contribution in [-0.2, 0) is 4.79 Å². The van der Waals surface area contributed by atoms with Crippen molar-refractivity contribution >= 4 is 23.2 Å². The summed E-state index contributed by atoms with van der Waals surface area (Å²) in [6.45, 7) is 2.45. The van der Waals surface area contributed by atoms with Crippen LogP contribution in [0.1, 0.15) is 6.92 Å². The summed E-state index contributed by atoms with van der Waals surface area (Å²) in [6, 6.07) is 5.17. The topological polar surface area (TPSA) is 47.6 Å². The lowest BCUT2D eigenvalue weighted by atomic mass is 10.2. The second kappa shape index (κ2) is 6.23. The van der Waals surface area contributed by atoms with Gasteiger partial charge in [-0.25, -0.2) is 0 Å². The fourth-order valence-electron chi connectivity index (χ4n) is 1.21. The zero-order chi connectivity index (χ0) is 12.0. The molecule has 1 aromatic rings. The first-order valence-corrected chi connectivity index (χ1v) is 5.41. The van der Waals surface area contributed by atoms with Crippen LogP contribution in [0.3, 0.4) is 0 Å². The molecule has 1 aromatic carbocycles. The Kier molecular flexibility index (Phi) is 4.92. The van der Waals surface area contributed by atoms with Gasteiger partial charge >= 0.3 is 0 Å². The molecule has 0 unspecified atom stereocenters. The van der Waals surface area contributed by atoms with E-state index in [0.717, 1.165) is 0 Å². The van der Waals surface area contributed by atoms with Crippen LogP contribution in [0, 0.1) is 0 Å². The SMILES string of the molecule is CCOc1ccc(NC(=O)CCl)cc1OC. The Bertz CT molecular complexity index is 368. The van der Waals surface area contributed by atoms with Crippen molar-refractivity contribution in [3.05, 3.63) is 18.2 Å². The van der Waals surface area contributed by atoms with Crippen molar-refractivity contribution in [3.63, 3.8) is 0 Å². The Morgan fingerprint density at radius 1 is 1.44 bits per heavy atom. The van der Waals surface area contributed by atoms with E-state index in [-0.39, 0.29) is 11.8 Å². The van der Waals surface area contributed by atoms with E-state index in [1.54, 1.807) is 25.3 Å². The molecule has 0 spiro atoms. The molecule has 0 radical (unpaired) electrons. The Hall–Kier alpha value is -1.42. The zero-order valence-corrected chi connectivity index (χ0v) is 10.0. The van der Waals surface area contributed by atoms with Gasteiger partial charge in [0.05, 0.1) is 13.7 Å². The second-order valence-electron chi connectivity index (χ2n) is 2.98. The van der Waals surface area contributed by atoms with Crippen molar-refractivity contribution in [1.29, 1.82) is 0 Å². The number of benzene rings is 1. The number of halogens is 1. The molecule has 0 aromatic heterocycles. The number of nitrogens with one attached hydrogen (secondary N) is 1. The van der Waals surface area contributed by atoms with E-state index in [9.17, 15) is 4.79 Å². The van der Waals surface area contributed by atoms with Crippen LogP contribution in [0.4, 0.5) is 5.69 Å². The highest BCUT2D eigenvalue weighted by molar-refractivity contribution is 6.29. The van der Waals surface area contributed by atoms with Gasteiger partial charge in [-0.15, -0.1) is 11.6 Å². The molecular weight excluding hydrogens is 230 g/mol. The van der Waals surface area contributed by atoms with Crippen LogP contribution >= 0.6 is 11.6 Å². The lowest BCUT2D eigenvalue weighted by Crippen LogP contribution is -2.12. The van der Waals surface area contributed by atoms with E-state index < -0.39 is 0 Å². The van der Waals surface area contributed by atoms with Gasteiger partial charge in [0.2, 0.25) is 5.91 Å². The van der Waals surface area contributed by atoms with Crippen LogP contribution < -0.4 is 14.8 Å². The average Bonchev–Trinajstić information content (AvgIpc) is 2.31. The van der Waals surface area contributed by atoms with E-state index in [2.05, 4.69) is 5.32 Å². The molecule has 0 aliphatic carbocycles. The second-order valence-corrected chi connectivity index (χ2v) is 3.25. The molecule has 0 heterocycles. The van der Waals surface area contributed by atoms with Crippen molar-refractivity contribution in [1.82, 2.24) is 0 Å². The van der Waals surface area contributed by atoms with Gasteiger partial charge in [0.15, 0.2) is 11.5 Å². The maximum atomic E-state index is 11.1. The van der Waals surface area contributed by atoms with E-state index in [1.165, 1.54) is 0 Å². The van der Waals surface area contributed by atoms with Crippen molar-refractivity contribution in [2.24, 2.45) is 0 Å². The third-order valence-electron chi connectivity index (χ3n) is 1.87. The molecule has 5 heteroatoms. The Labute approximate surface area is 99.5 Å². The first-order chi connectivity index (χ1) is 7.71. The lowest BCUT2D eigenvalue weighted by molar-refractivity contribution is -0.113. The zero-order valence-electron chi connectivity index (χ0n) is 9.25. The molecule has 4 nitrogen and oxygen atoms in total. The van der Waals surface area contributed by atoms with Gasteiger partial charge in [-0.1, -0.05) is 0 Å². The van der Waals surface area contributed by atoms with Gasteiger partial charge in [-0.3, -0.25) is 4.79 Å². The maximum absolute atomic E-state index is 11.1. The molecule has 0 saturated carbocycles. The molecule has 0 bridgehead atoms. The number of rotatable bonds is 5. The standard InChI is InChI=1S/C11H14ClNO3/c1-3-16-9-5-4-8(6-10(9)15-2)13-11(14)7-12/h4-6H,3,7H2,1-2H3,(H,13,14). The van der Waals surface area contributed by atoms with Gasteiger partial charge in [0.1, 0.15) is 5.88 Å². The van der Waals surface area contributed by atoms with Gasteiger partial charge in [0.25, 0.3) is 0 Å². The van der Waals surface area contributed by atoms with Crippen LogP contribution in [0.5, 0.6) is 11.5 Å². The number of hydrogen-bond donors (Lipinski definition) is 1. The van der Waals surface area contributed by atoms with Gasteiger partial charge < -0.3 is 14.8 Å². The smallest absolute Gasteiger partial charge is 0.239 e. The van der Waals surface area contributed by atoms with Crippen LogP contribution in [-0.4, -0.2) is 25.5 Å². The minimum absolute atomic E-state index is 0.0739. The molecule has 0 saturated heterocycles. The Morgan fingerprint density at radius 3 is 2.75 bits per heavy atom. The number of carbonyl (C=O) groups is 1. The molecule has 0 aliphatic heterocycles. The fourth-order valence-corrected chi connectivity index (χ4v) is 1.28. The number of ether oxygens (including phenoxy) is 2. The Balaban J connectivity index is 2.86. The van der Waals surface area contributed by atoms with Gasteiger partial charge in [-0.2, -0.15) is 0 Å². The molecule has 1 N–H and O–H groups in total. The molecule has 0 aliphatic rings. The number of methoxy groups -OCH3 is 1. The summed E-state index contributed by atoms with van der Waals surface area (Å²) >= 11 is 5.39. The summed E-state index contributed by atoms with van der Waals surface area (Å²) in [5, 5.41) is 2.63. The third kappa shape index (κ3) is 3.31. The van der Waals surface area contributed by atoms with Crippen molar-refractivity contribution in [2.45, 2.75) is 6.92 Å². The van der Waals surface area contributed by atoms with E-state index in [1.807, 2.05) is 6.92 Å². The van der Waals surface area contributed by atoms with Crippen LogP contribution in [0.2, 0.25) is 0 Å². The quantitative estimate of drug-likeness (QED) is 0.807. The van der Waals surface area contributed by atoms with E-state index in [0.29, 0.717) is 23.8 Å². The summed E-state index contributed by atoms with van der Waals surface area (Å²) in [6.07, 6.45) is 0. The molecule has 0 fully saturated rings. The summed E-state index contributed by atoms with van der Waals surface area (Å²) in [4.78, 5) is 11.1. The van der Waals surface area contributed by atoms with Crippen molar-refractivity contribution in [2.75, 3.05) is 24.9 Å². The van der Waals surface area contributed by atoms with Crippen LogP contribution in [0.15, 0.2) is 18.2 Å². The molecule has 16 heavy (non-hydrogen) atoms. The van der Waals surface area contributed by atoms with E-state index in [4.69, 9.17) is 21.1 Å². The first kappa shape index (κ1) is 12.6. The lowest BCUT2D eigenvalue weighted by Gasteiger charge is -2.11. The third-order valence-corrected chi connectivity index (χ3v) is 2.11. The summed E-state index contributed by atoms with van der Waals surface area (Å²) in [5.74, 6) is 0.895.